The molecule has 0 unspecified atom stereocenters. The van der Waals surface area contributed by atoms with E-state index in [4.69, 9.17) is 0 Å². The van der Waals surface area contributed by atoms with E-state index in [2.05, 4.69) is 15.7 Å². The van der Waals surface area contributed by atoms with Gasteiger partial charge in [0.25, 0.3) is 0 Å². The summed E-state index contributed by atoms with van der Waals surface area (Å²) < 4.78 is 0. The van der Waals surface area contributed by atoms with E-state index in [1.807, 2.05) is 12.6 Å². The molecule has 2 nitrogen and oxygen atoms in total. The van der Waals surface area contributed by atoms with Crippen molar-refractivity contribution in [2.45, 2.75) is 18.4 Å². The quantitative estimate of drug-likeness (QED) is 0.695. The first kappa shape index (κ1) is 6.31. The van der Waals surface area contributed by atoms with Crippen LogP contribution in [0.3, 0.4) is 0 Å². The fraction of sp³-hybridized carbons (Fsp3) is 0.571. The van der Waals surface area contributed by atoms with Gasteiger partial charge in [-0.1, -0.05) is 0 Å². The molecular formula is C7H10N2S. The molecule has 2 rings (SSSR count). The Kier molecular flexibility index (Phi) is 1.28. The molecule has 1 N–H and O–H groups in total. The van der Waals surface area contributed by atoms with E-state index >= 15 is 0 Å². The first-order valence-corrected chi connectivity index (χ1v) is 4.39. The highest BCUT2D eigenvalue weighted by molar-refractivity contribution is 7.07. The smallest absolute Gasteiger partial charge is 0.0795 e. The van der Waals surface area contributed by atoms with E-state index in [1.165, 1.54) is 18.5 Å². The number of hydrogen-bond donors (Lipinski definition) is 1. The van der Waals surface area contributed by atoms with Gasteiger partial charge in [0.1, 0.15) is 0 Å². The van der Waals surface area contributed by atoms with Crippen LogP contribution in [0.1, 0.15) is 18.5 Å². The van der Waals surface area contributed by atoms with E-state index in [-0.39, 0.29) is 5.54 Å². The minimum atomic E-state index is 0.264. The molecule has 1 aromatic heterocycles. The van der Waals surface area contributed by atoms with E-state index in [0.717, 1.165) is 0 Å². The molecule has 1 fully saturated rings. The number of nitrogens with zero attached hydrogens (tertiary/aromatic N) is 1. The number of aromatic nitrogens is 1. The minimum absolute atomic E-state index is 0.264. The second-order valence-corrected chi connectivity index (χ2v) is 3.42. The van der Waals surface area contributed by atoms with Crippen LogP contribution in [0.5, 0.6) is 0 Å². The van der Waals surface area contributed by atoms with Crippen LogP contribution in [-0.4, -0.2) is 12.0 Å². The standard InChI is InChI=1S/C7H10N2S/c1-8-7(2-3-7)6-4-10-5-9-6/h4-5,8H,2-3H2,1H3. The van der Waals surface area contributed by atoms with Crippen molar-refractivity contribution < 1.29 is 0 Å². The average molecular weight is 154 g/mol. The van der Waals surface area contributed by atoms with Gasteiger partial charge in [-0.25, -0.2) is 4.98 Å². The Labute approximate surface area is 64.3 Å². The molecule has 1 aliphatic carbocycles. The highest BCUT2D eigenvalue weighted by Crippen LogP contribution is 2.44. The first-order valence-electron chi connectivity index (χ1n) is 3.45. The molecule has 0 amide bonds. The Bertz CT molecular complexity index is 214. The third-order valence-electron chi connectivity index (χ3n) is 2.15. The molecule has 0 bridgehead atoms. The van der Waals surface area contributed by atoms with Gasteiger partial charge in [-0.15, -0.1) is 11.3 Å². The number of hydrogen-bond acceptors (Lipinski definition) is 3. The number of thiazole rings is 1. The fourth-order valence-electron chi connectivity index (χ4n) is 1.21. The zero-order valence-corrected chi connectivity index (χ0v) is 6.74. The molecule has 0 spiro atoms. The molecule has 1 heterocycles. The maximum atomic E-state index is 4.28. The van der Waals surface area contributed by atoms with Crippen LogP contribution in [0.15, 0.2) is 10.9 Å². The normalized spacial score (nSPS) is 20.9. The lowest BCUT2D eigenvalue weighted by Gasteiger charge is -2.09. The number of rotatable bonds is 2. The van der Waals surface area contributed by atoms with Crippen molar-refractivity contribution in [1.82, 2.24) is 10.3 Å². The highest BCUT2D eigenvalue weighted by Gasteiger charge is 2.44. The van der Waals surface area contributed by atoms with Gasteiger partial charge in [-0.05, 0) is 19.9 Å². The van der Waals surface area contributed by atoms with E-state index < -0.39 is 0 Å². The Morgan fingerprint density at radius 1 is 1.70 bits per heavy atom. The minimum Gasteiger partial charge on any atom is -0.309 e. The van der Waals surface area contributed by atoms with Gasteiger partial charge in [-0.3, -0.25) is 0 Å². The molecule has 1 aromatic rings. The third-order valence-corrected chi connectivity index (χ3v) is 2.74. The van der Waals surface area contributed by atoms with E-state index in [0.29, 0.717) is 0 Å². The van der Waals surface area contributed by atoms with Gasteiger partial charge in [0.15, 0.2) is 0 Å². The van der Waals surface area contributed by atoms with Crippen molar-refractivity contribution in [3.05, 3.63) is 16.6 Å². The molecule has 1 aliphatic rings. The lowest BCUT2D eigenvalue weighted by atomic mass is 10.2. The Hall–Kier alpha value is -0.410. The predicted octanol–water partition coefficient (Wildman–Crippen LogP) is 1.35. The Morgan fingerprint density at radius 2 is 2.50 bits per heavy atom. The summed E-state index contributed by atoms with van der Waals surface area (Å²) in [5, 5.41) is 5.43. The predicted molar refractivity (Wildman–Crippen MR) is 42.1 cm³/mol. The summed E-state index contributed by atoms with van der Waals surface area (Å²) in [5.41, 5.74) is 3.38. The fourth-order valence-corrected chi connectivity index (χ4v) is 1.86. The maximum Gasteiger partial charge on any atom is 0.0795 e. The highest BCUT2D eigenvalue weighted by atomic mass is 32.1. The molecule has 0 aliphatic heterocycles. The van der Waals surface area contributed by atoms with Crippen molar-refractivity contribution in [3.63, 3.8) is 0 Å². The van der Waals surface area contributed by atoms with Crippen LogP contribution >= 0.6 is 11.3 Å². The van der Waals surface area contributed by atoms with Crippen LogP contribution in [0.2, 0.25) is 0 Å². The molecule has 54 valence electrons. The SMILES string of the molecule is CNC1(c2cscn2)CC1. The molecule has 0 aromatic carbocycles. The summed E-state index contributed by atoms with van der Waals surface area (Å²) in [6.45, 7) is 0. The van der Waals surface area contributed by atoms with Gasteiger partial charge in [0, 0.05) is 5.38 Å². The van der Waals surface area contributed by atoms with Crippen molar-refractivity contribution in [1.29, 1.82) is 0 Å². The first-order chi connectivity index (χ1) is 4.87. The van der Waals surface area contributed by atoms with Gasteiger partial charge >= 0.3 is 0 Å². The second kappa shape index (κ2) is 2.04. The van der Waals surface area contributed by atoms with Gasteiger partial charge in [0.2, 0.25) is 0 Å². The average Bonchev–Trinajstić information content (AvgIpc) is 2.58. The molecule has 1 saturated carbocycles. The van der Waals surface area contributed by atoms with Gasteiger partial charge < -0.3 is 5.32 Å². The van der Waals surface area contributed by atoms with Gasteiger partial charge in [0.05, 0.1) is 16.7 Å². The van der Waals surface area contributed by atoms with Crippen molar-refractivity contribution >= 4 is 11.3 Å². The molecule has 10 heavy (non-hydrogen) atoms. The number of nitrogens with one attached hydrogen (secondary N) is 1. The van der Waals surface area contributed by atoms with Crippen molar-refractivity contribution in [2.24, 2.45) is 0 Å². The Morgan fingerprint density at radius 3 is 2.90 bits per heavy atom. The zero-order valence-electron chi connectivity index (χ0n) is 5.92. The third kappa shape index (κ3) is 0.777. The second-order valence-electron chi connectivity index (χ2n) is 2.71. The molecule has 0 saturated heterocycles. The van der Waals surface area contributed by atoms with E-state index in [9.17, 15) is 0 Å². The summed E-state index contributed by atoms with van der Waals surface area (Å²) in [7, 11) is 2.01. The Balaban J connectivity index is 2.27. The molecule has 0 atom stereocenters. The summed E-state index contributed by atoms with van der Waals surface area (Å²) in [4.78, 5) is 4.28. The lowest BCUT2D eigenvalue weighted by molar-refractivity contribution is 0.571. The molecular weight excluding hydrogens is 144 g/mol. The van der Waals surface area contributed by atoms with Crippen LogP contribution in [-0.2, 0) is 5.54 Å². The molecule has 3 heteroatoms. The van der Waals surface area contributed by atoms with Gasteiger partial charge in [-0.2, -0.15) is 0 Å². The summed E-state index contributed by atoms with van der Waals surface area (Å²) in [6, 6.07) is 0. The maximum absolute atomic E-state index is 4.28. The van der Waals surface area contributed by atoms with Crippen LogP contribution in [0, 0.1) is 0 Å². The summed E-state index contributed by atoms with van der Waals surface area (Å²) in [5.74, 6) is 0. The van der Waals surface area contributed by atoms with Crippen molar-refractivity contribution in [3.8, 4) is 0 Å². The zero-order chi connectivity index (χ0) is 7.03. The largest absolute Gasteiger partial charge is 0.309 e. The van der Waals surface area contributed by atoms with Crippen LogP contribution in [0.4, 0.5) is 0 Å². The van der Waals surface area contributed by atoms with Crippen LogP contribution < -0.4 is 5.32 Å². The summed E-state index contributed by atoms with van der Waals surface area (Å²) in [6.07, 6.45) is 2.49. The molecule has 0 radical (unpaired) electrons. The van der Waals surface area contributed by atoms with Crippen molar-refractivity contribution in [2.75, 3.05) is 7.05 Å². The topological polar surface area (TPSA) is 24.9 Å². The lowest BCUT2D eigenvalue weighted by Crippen LogP contribution is -2.24. The van der Waals surface area contributed by atoms with Crippen LogP contribution in [0.25, 0.3) is 0 Å². The van der Waals surface area contributed by atoms with E-state index in [1.54, 1.807) is 11.3 Å². The monoisotopic (exact) mass is 154 g/mol. The summed E-state index contributed by atoms with van der Waals surface area (Å²) >= 11 is 1.67.